The molecule has 1 atom stereocenters. The van der Waals surface area contributed by atoms with Crippen LogP contribution in [0.3, 0.4) is 0 Å². The van der Waals surface area contributed by atoms with E-state index in [4.69, 9.17) is 4.74 Å². The van der Waals surface area contributed by atoms with Gasteiger partial charge in [0.05, 0.1) is 13.2 Å². The number of hydrogen-bond donors (Lipinski definition) is 0. The average molecular weight is 396 g/mol. The number of anilines is 1. The van der Waals surface area contributed by atoms with E-state index in [0.29, 0.717) is 31.7 Å². The highest BCUT2D eigenvalue weighted by atomic mass is 16.5. The van der Waals surface area contributed by atoms with Crippen LogP contribution in [0.5, 0.6) is 5.75 Å². The van der Waals surface area contributed by atoms with Crippen LogP contribution >= 0.6 is 0 Å². The van der Waals surface area contributed by atoms with Crippen molar-refractivity contribution >= 4 is 17.5 Å². The van der Waals surface area contributed by atoms with Crippen LogP contribution in [0.25, 0.3) is 0 Å². The number of benzene rings is 2. The molecule has 3 rings (SSSR count). The molecule has 2 amide bonds. The maximum Gasteiger partial charge on any atom is 0.246 e. The van der Waals surface area contributed by atoms with E-state index in [1.54, 1.807) is 16.9 Å². The Morgan fingerprint density at radius 2 is 1.90 bits per heavy atom. The van der Waals surface area contributed by atoms with Crippen molar-refractivity contribution in [3.63, 3.8) is 0 Å². The third-order valence-corrected chi connectivity index (χ3v) is 5.21. The van der Waals surface area contributed by atoms with Gasteiger partial charge in [-0.1, -0.05) is 36.4 Å². The summed E-state index contributed by atoms with van der Waals surface area (Å²) in [5.41, 5.74) is 1.95. The van der Waals surface area contributed by atoms with Crippen molar-refractivity contribution in [2.24, 2.45) is 0 Å². The first kappa shape index (κ1) is 20.9. The van der Waals surface area contributed by atoms with Gasteiger partial charge in [0.25, 0.3) is 0 Å². The molecule has 0 spiro atoms. The number of nitrogens with zero attached hydrogens (tertiary/aromatic N) is 3. The molecule has 0 radical (unpaired) electrons. The fraction of sp³-hybridized carbons (Fsp3) is 0.391. The van der Waals surface area contributed by atoms with Crippen molar-refractivity contribution in [1.82, 2.24) is 9.80 Å². The summed E-state index contributed by atoms with van der Waals surface area (Å²) in [5, 5.41) is 0. The SMILES string of the molecule is COc1cccc(N2C[C@@H](Cc3ccccc3)N(C(=O)CCN(C)C)CC2=O)c1. The van der Waals surface area contributed by atoms with Gasteiger partial charge in [-0.2, -0.15) is 0 Å². The van der Waals surface area contributed by atoms with E-state index < -0.39 is 0 Å². The van der Waals surface area contributed by atoms with Crippen LogP contribution in [0.4, 0.5) is 5.69 Å². The van der Waals surface area contributed by atoms with E-state index in [9.17, 15) is 9.59 Å². The number of carbonyl (C=O) groups is 2. The second-order valence-electron chi connectivity index (χ2n) is 7.62. The molecule has 6 nitrogen and oxygen atoms in total. The van der Waals surface area contributed by atoms with Gasteiger partial charge in [-0.3, -0.25) is 9.59 Å². The first-order valence-electron chi connectivity index (χ1n) is 9.90. The van der Waals surface area contributed by atoms with Crippen molar-refractivity contribution in [3.8, 4) is 5.75 Å². The van der Waals surface area contributed by atoms with Crippen LogP contribution in [-0.2, 0) is 16.0 Å². The third kappa shape index (κ3) is 5.35. The molecule has 1 fully saturated rings. The minimum absolute atomic E-state index is 0.0262. The molecule has 1 heterocycles. The topological polar surface area (TPSA) is 53.1 Å². The second kappa shape index (κ2) is 9.56. The maximum atomic E-state index is 12.9. The number of rotatable bonds is 7. The molecule has 0 N–H and O–H groups in total. The lowest BCUT2D eigenvalue weighted by molar-refractivity contribution is -0.139. The van der Waals surface area contributed by atoms with Gasteiger partial charge in [0.15, 0.2) is 0 Å². The van der Waals surface area contributed by atoms with Crippen LogP contribution in [0.15, 0.2) is 54.6 Å². The highest BCUT2D eigenvalue weighted by molar-refractivity contribution is 5.98. The lowest BCUT2D eigenvalue weighted by Gasteiger charge is -2.41. The molecule has 0 bridgehead atoms. The van der Waals surface area contributed by atoms with Gasteiger partial charge < -0.3 is 19.4 Å². The first-order valence-corrected chi connectivity index (χ1v) is 9.90. The van der Waals surface area contributed by atoms with Crippen LogP contribution in [-0.4, -0.2) is 68.5 Å². The Morgan fingerprint density at radius 1 is 1.14 bits per heavy atom. The molecule has 6 heteroatoms. The van der Waals surface area contributed by atoms with E-state index >= 15 is 0 Å². The predicted molar refractivity (Wildman–Crippen MR) is 114 cm³/mol. The monoisotopic (exact) mass is 395 g/mol. The van der Waals surface area contributed by atoms with Gasteiger partial charge >= 0.3 is 0 Å². The largest absolute Gasteiger partial charge is 0.497 e. The number of amides is 2. The van der Waals surface area contributed by atoms with Crippen molar-refractivity contribution in [3.05, 3.63) is 60.2 Å². The molecule has 0 aromatic heterocycles. The lowest BCUT2D eigenvalue weighted by atomic mass is 10.0. The molecule has 1 aliphatic rings. The summed E-state index contributed by atoms with van der Waals surface area (Å²) in [6, 6.07) is 17.5. The Kier molecular flexibility index (Phi) is 6.88. The second-order valence-corrected chi connectivity index (χ2v) is 7.62. The summed E-state index contributed by atoms with van der Waals surface area (Å²) in [5.74, 6) is 0.665. The molecule has 0 saturated carbocycles. The number of methoxy groups -OCH3 is 1. The lowest BCUT2D eigenvalue weighted by Crippen LogP contribution is -2.59. The number of hydrogen-bond acceptors (Lipinski definition) is 4. The zero-order chi connectivity index (χ0) is 20.8. The normalized spacial score (nSPS) is 17.0. The highest BCUT2D eigenvalue weighted by Crippen LogP contribution is 2.26. The summed E-state index contributed by atoms with van der Waals surface area (Å²) in [6.45, 7) is 1.23. The Labute approximate surface area is 172 Å². The molecule has 0 unspecified atom stereocenters. The zero-order valence-electron chi connectivity index (χ0n) is 17.4. The minimum Gasteiger partial charge on any atom is -0.497 e. The van der Waals surface area contributed by atoms with E-state index in [-0.39, 0.29) is 24.4 Å². The number of ether oxygens (including phenoxy) is 1. The molecule has 2 aromatic rings. The summed E-state index contributed by atoms with van der Waals surface area (Å²) in [4.78, 5) is 31.3. The fourth-order valence-corrected chi connectivity index (χ4v) is 3.61. The smallest absolute Gasteiger partial charge is 0.246 e. The first-order chi connectivity index (χ1) is 14.0. The highest BCUT2D eigenvalue weighted by Gasteiger charge is 2.35. The molecule has 154 valence electrons. The van der Waals surface area contributed by atoms with Gasteiger partial charge in [-0.15, -0.1) is 0 Å². The van der Waals surface area contributed by atoms with Gasteiger partial charge in [-0.05, 0) is 38.2 Å². The molecule has 0 aliphatic carbocycles. The minimum atomic E-state index is -0.0732. The van der Waals surface area contributed by atoms with Gasteiger partial charge in [-0.25, -0.2) is 0 Å². The zero-order valence-corrected chi connectivity index (χ0v) is 17.4. The summed E-state index contributed by atoms with van der Waals surface area (Å²) in [6.07, 6.45) is 1.12. The molecule has 2 aromatic carbocycles. The van der Waals surface area contributed by atoms with Gasteiger partial charge in [0.2, 0.25) is 11.8 Å². The maximum absolute atomic E-state index is 12.9. The van der Waals surface area contributed by atoms with Crippen molar-refractivity contribution in [1.29, 1.82) is 0 Å². The van der Waals surface area contributed by atoms with E-state index in [1.165, 1.54) is 0 Å². The predicted octanol–water partition coefficient (Wildman–Crippen LogP) is 2.43. The van der Waals surface area contributed by atoms with Crippen molar-refractivity contribution in [2.75, 3.05) is 45.7 Å². The quantitative estimate of drug-likeness (QED) is 0.723. The van der Waals surface area contributed by atoms with Crippen LogP contribution < -0.4 is 9.64 Å². The number of piperazine rings is 1. The molecular formula is C23H29N3O3. The van der Waals surface area contributed by atoms with Crippen LogP contribution in [0, 0.1) is 0 Å². The number of carbonyl (C=O) groups excluding carboxylic acids is 2. The van der Waals surface area contributed by atoms with Crippen molar-refractivity contribution in [2.45, 2.75) is 18.9 Å². The van der Waals surface area contributed by atoms with Crippen LogP contribution in [0.2, 0.25) is 0 Å². The third-order valence-electron chi connectivity index (χ3n) is 5.21. The Balaban J connectivity index is 1.84. The summed E-state index contributed by atoms with van der Waals surface area (Å²) < 4.78 is 5.31. The summed E-state index contributed by atoms with van der Waals surface area (Å²) >= 11 is 0. The fourth-order valence-electron chi connectivity index (χ4n) is 3.61. The van der Waals surface area contributed by atoms with E-state index in [2.05, 4.69) is 12.1 Å². The summed E-state index contributed by atoms with van der Waals surface area (Å²) in [7, 11) is 5.50. The molecular weight excluding hydrogens is 366 g/mol. The van der Waals surface area contributed by atoms with Crippen molar-refractivity contribution < 1.29 is 14.3 Å². The Hall–Kier alpha value is -2.86. The standard InChI is InChI=1S/C23H29N3O3/c1-24(2)13-12-22(27)26-17-23(28)25(19-10-7-11-21(15-19)29-3)16-20(26)14-18-8-5-4-6-9-18/h4-11,15,20H,12-14,16-17H2,1-3H3/t20-/m1/s1. The Bertz CT molecular complexity index is 838. The molecule has 29 heavy (non-hydrogen) atoms. The van der Waals surface area contributed by atoms with Gasteiger partial charge in [0.1, 0.15) is 12.3 Å². The van der Waals surface area contributed by atoms with Gasteiger partial charge in [0, 0.05) is 31.3 Å². The molecule has 1 aliphatic heterocycles. The van der Waals surface area contributed by atoms with E-state index in [1.807, 2.05) is 61.5 Å². The van der Waals surface area contributed by atoms with E-state index in [0.717, 1.165) is 11.3 Å². The average Bonchev–Trinajstić information content (AvgIpc) is 2.73. The molecule has 1 saturated heterocycles. The van der Waals surface area contributed by atoms with Crippen LogP contribution in [0.1, 0.15) is 12.0 Å². The Morgan fingerprint density at radius 3 is 2.59 bits per heavy atom.